The summed E-state index contributed by atoms with van der Waals surface area (Å²) in [5, 5.41) is 4.83. The number of amides is 2. The summed E-state index contributed by atoms with van der Waals surface area (Å²) in [6.07, 6.45) is 5.08. The van der Waals surface area contributed by atoms with Crippen molar-refractivity contribution in [3.05, 3.63) is 42.0 Å². The summed E-state index contributed by atoms with van der Waals surface area (Å²) in [6, 6.07) is 8.43. The molecular formula is C22H25N3O7S. The average molecular weight is 476 g/mol. The van der Waals surface area contributed by atoms with E-state index in [4.69, 9.17) is 20.6 Å². The predicted molar refractivity (Wildman–Crippen MR) is 122 cm³/mol. The van der Waals surface area contributed by atoms with Gasteiger partial charge in [0.2, 0.25) is 5.91 Å². The molecule has 0 radical (unpaired) electrons. The molecule has 0 atom stereocenters. The van der Waals surface area contributed by atoms with E-state index >= 15 is 0 Å². The molecule has 0 heterocycles. The van der Waals surface area contributed by atoms with Gasteiger partial charge in [-0.1, -0.05) is 5.92 Å². The average Bonchev–Trinajstić information content (AvgIpc) is 2.81. The number of carbonyl (C=O) groups excluding carboxylic acids is 2. The summed E-state index contributed by atoms with van der Waals surface area (Å²) >= 11 is 0. The van der Waals surface area contributed by atoms with Crippen LogP contribution in [0.15, 0.2) is 41.3 Å². The molecule has 2 aromatic carbocycles. The Balaban J connectivity index is 2.36. The Bertz CT molecular complexity index is 1140. The SMILES string of the molecule is C#CCNC(=O)CNC(=O)c1cc(OC)c(OC)cc1NS(=O)(=O)c1ccc(OCC)cc1. The molecule has 2 rings (SSSR count). The first-order valence-electron chi connectivity index (χ1n) is 9.75. The maximum absolute atomic E-state index is 12.9. The standard InChI is InChI=1S/C22H25N3O7S/c1-5-11-23-21(26)14-24-22(27)17-12-19(30-3)20(31-4)13-18(17)25-33(28,29)16-9-7-15(8-10-16)32-6-2/h1,7-10,12-13,25H,6,11,14H2,2-4H3,(H,23,26)(H,24,27). The molecular weight excluding hydrogens is 450 g/mol. The van der Waals surface area contributed by atoms with E-state index in [0.29, 0.717) is 12.4 Å². The van der Waals surface area contributed by atoms with E-state index in [1.807, 2.05) is 6.92 Å². The summed E-state index contributed by atoms with van der Waals surface area (Å²) in [4.78, 5) is 24.5. The lowest BCUT2D eigenvalue weighted by Gasteiger charge is -2.16. The van der Waals surface area contributed by atoms with Gasteiger partial charge in [-0.15, -0.1) is 6.42 Å². The first-order valence-corrected chi connectivity index (χ1v) is 11.2. The van der Waals surface area contributed by atoms with E-state index in [1.165, 1.54) is 50.6 Å². The summed E-state index contributed by atoms with van der Waals surface area (Å²) in [6.45, 7) is 1.90. The highest BCUT2D eigenvalue weighted by Gasteiger charge is 2.22. The molecule has 2 amide bonds. The van der Waals surface area contributed by atoms with E-state index < -0.39 is 21.8 Å². The summed E-state index contributed by atoms with van der Waals surface area (Å²) in [7, 11) is -1.33. The molecule has 0 saturated carbocycles. The zero-order valence-electron chi connectivity index (χ0n) is 18.4. The molecule has 0 aliphatic rings. The number of benzene rings is 2. The summed E-state index contributed by atoms with van der Waals surface area (Å²) in [5.41, 5.74) is -0.144. The molecule has 11 heteroatoms. The van der Waals surface area contributed by atoms with Crippen molar-refractivity contribution in [3.8, 4) is 29.6 Å². The molecule has 0 bridgehead atoms. The Kier molecular flexibility index (Phi) is 8.94. The van der Waals surface area contributed by atoms with Crippen LogP contribution < -0.4 is 29.6 Å². The third-order valence-electron chi connectivity index (χ3n) is 4.25. The van der Waals surface area contributed by atoms with Crippen LogP contribution in [-0.4, -0.2) is 54.1 Å². The highest BCUT2D eigenvalue weighted by atomic mass is 32.2. The molecule has 33 heavy (non-hydrogen) atoms. The predicted octanol–water partition coefficient (Wildman–Crippen LogP) is 1.38. The number of nitrogens with one attached hydrogen (secondary N) is 3. The van der Waals surface area contributed by atoms with E-state index in [1.54, 1.807) is 0 Å². The third kappa shape index (κ3) is 6.78. The maximum atomic E-state index is 12.9. The van der Waals surface area contributed by atoms with Gasteiger partial charge in [0.15, 0.2) is 11.5 Å². The van der Waals surface area contributed by atoms with Gasteiger partial charge in [0.05, 0.1) is 50.1 Å². The van der Waals surface area contributed by atoms with E-state index in [2.05, 4.69) is 21.3 Å². The summed E-state index contributed by atoms with van der Waals surface area (Å²) < 4.78 is 44.0. The van der Waals surface area contributed by atoms with Gasteiger partial charge in [0.25, 0.3) is 15.9 Å². The molecule has 10 nitrogen and oxygen atoms in total. The topological polar surface area (TPSA) is 132 Å². The van der Waals surface area contributed by atoms with Crippen LogP contribution in [0.5, 0.6) is 17.2 Å². The Labute approximate surface area is 192 Å². The molecule has 3 N–H and O–H groups in total. The fourth-order valence-corrected chi connectivity index (χ4v) is 3.78. The second-order valence-corrected chi connectivity index (χ2v) is 8.11. The highest BCUT2D eigenvalue weighted by Crippen LogP contribution is 2.34. The van der Waals surface area contributed by atoms with Gasteiger partial charge in [-0.05, 0) is 37.3 Å². The van der Waals surface area contributed by atoms with Crippen LogP contribution >= 0.6 is 0 Å². The van der Waals surface area contributed by atoms with Crippen molar-refractivity contribution in [2.24, 2.45) is 0 Å². The summed E-state index contributed by atoms with van der Waals surface area (Å²) in [5.74, 6) is 1.95. The van der Waals surface area contributed by atoms with E-state index in [0.717, 1.165) is 0 Å². The number of anilines is 1. The number of hydrogen-bond acceptors (Lipinski definition) is 7. The third-order valence-corrected chi connectivity index (χ3v) is 5.64. The van der Waals surface area contributed by atoms with E-state index in [9.17, 15) is 18.0 Å². The molecule has 0 aromatic heterocycles. The monoisotopic (exact) mass is 475 g/mol. The van der Waals surface area contributed by atoms with Crippen LogP contribution in [-0.2, 0) is 14.8 Å². The van der Waals surface area contributed by atoms with Gasteiger partial charge in [0.1, 0.15) is 5.75 Å². The van der Waals surface area contributed by atoms with Crippen molar-refractivity contribution < 1.29 is 32.2 Å². The first kappa shape index (κ1) is 25.4. The van der Waals surface area contributed by atoms with Gasteiger partial charge in [0, 0.05) is 6.07 Å². The fourth-order valence-electron chi connectivity index (χ4n) is 2.70. The minimum absolute atomic E-state index is 0.0121. The smallest absolute Gasteiger partial charge is 0.261 e. The molecule has 0 spiro atoms. The number of methoxy groups -OCH3 is 2. The molecule has 0 unspecified atom stereocenters. The second-order valence-electron chi connectivity index (χ2n) is 6.43. The van der Waals surface area contributed by atoms with Gasteiger partial charge in [-0.2, -0.15) is 0 Å². The normalized spacial score (nSPS) is 10.5. The van der Waals surface area contributed by atoms with Crippen molar-refractivity contribution in [2.75, 3.05) is 38.6 Å². The number of terminal acetylenes is 1. The lowest BCUT2D eigenvalue weighted by Crippen LogP contribution is -2.37. The Morgan fingerprint density at radius 1 is 1.03 bits per heavy atom. The second kappa shape index (κ2) is 11.6. The van der Waals surface area contributed by atoms with Crippen LogP contribution in [0.1, 0.15) is 17.3 Å². The van der Waals surface area contributed by atoms with Gasteiger partial charge < -0.3 is 24.8 Å². The molecule has 2 aromatic rings. The van der Waals surface area contributed by atoms with Crippen LogP contribution in [0, 0.1) is 12.3 Å². The number of ether oxygens (including phenoxy) is 3. The molecule has 0 aliphatic carbocycles. The molecule has 176 valence electrons. The Hall–Kier alpha value is -3.91. The van der Waals surface area contributed by atoms with Gasteiger partial charge in [-0.25, -0.2) is 8.42 Å². The van der Waals surface area contributed by atoms with Crippen molar-refractivity contribution >= 4 is 27.5 Å². The largest absolute Gasteiger partial charge is 0.494 e. The lowest BCUT2D eigenvalue weighted by molar-refractivity contribution is -0.119. The van der Waals surface area contributed by atoms with Crippen LogP contribution in [0.3, 0.4) is 0 Å². The zero-order valence-corrected chi connectivity index (χ0v) is 19.2. The number of carbonyl (C=O) groups is 2. The van der Waals surface area contributed by atoms with Crippen molar-refractivity contribution in [1.82, 2.24) is 10.6 Å². The Morgan fingerprint density at radius 3 is 2.24 bits per heavy atom. The molecule has 0 saturated heterocycles. The number of hydrogen-bond donors (Lipinski definition) is 3. The number of rotatable bonds is 11. The number of sulfonamides is 1. The van der Waals surface area contributed by atoms with E-state index in [-0.39, 0.29) is 40.7 Å². The highest BCUT2D eigenvalue weighted by molar-refractivity contribution is 7.92. The minimum Gasteiger partial charge on any atom is -0.494 e. The van der Waals surface area contributed by atoms with Crippen molar-refractivity contribution in [3.63, 3.8) is 0 Å². The fraction of sp³-hybridized carbons (Fsp3) is 0.273. The minimum atomic E-state index is -4.07. The zero-order chi connectivity index (χ0) is 24.4. The lowest BCUT2D eigenvalue weighted by atomic mass is 10.1. The quantitative estimate of drug-likeness (QED) is 0.418. The van der Waals surface area contributed by atoms with Gasteiger partial charge in [-0.3, -0.25) is 14.3 Å². The van der Waals surface area contributed by atoms with Crippen LogP contribution in [0.4, 0.5) is 5.69 Å². The van der Waals surface area contributed by atoms with Gasteiger partial charge >= 0.3 is 0 Å². The first-order chi connectivity index (χ1) is 15.7. The molecule has 0 aliphatic heterocycles. The van der Waals surface area contributed by atoms with Crippen LogP contribution in [0.25, 0.3) is 0 Å². The maximum Gasteiger partial charge on any atom is 0.261 e. The van der Waals surface area contributed by atoms with Crippen LogP contribution in [0.2, 0.25) is 0 Å². The molecule has 0 fully saturated rings. The van der Waals surface area contributed by atoms with Crippen molar-refractivity contribution in [2.45, 2.75) is 11.8 Å². The Morgan fingerprint density at radius 2 is 1.67 bits per heavy atom. The van der Waals surface area contributed by atoms with Crippen molar-refractivity contribution in [1.29, 1.82) is 0 Å².